The molecule has 2 heterocycles. The number of ether oxygens (including phenoxy) is 2. The van der Waals surface area contributed by atoms with Gasteiger partial charge in [-0.3, -0.25) is 30.3 Å². The number of imide groups is 1. The Labute approximate surface area is 189 Å². The van der Waals surface area contributed by atoms with Gasteiger partial charge in [0, 0.05) is 18.5 Å². The number of hydroxylamine groups is 1. The molecule has 10 heteroatoms. The van der Waals surface area contributed by atoms with Crippen molar-refractivity contribution in [3.05, 3.63) is 71.8 Å². The molecule has 33 heavy (non-hydrogen) atoms. The summed E-state index contributed by atoms with van der Waals surface area (Å²) in [5, 5.41) is 16.3. The number of H-pyrrole nitrogens is 1. The number of nitrogens with zero attached hydrogens (tertiary/aromatic N) is 3. The molecule has 0 saturated carbocycles. The molecule has 2 aromatic carbocycles. The van der Waals surface area contributed by atoms with Crippen molar-refractivity contribution in [2.75, 3.05) is 19.8 Å². The quantitative estimate of drug-likeness (QED) is 0.151. The summed E-state index contributed by atoms with van der Waals surface area (Å²) in [4.78, 5) is 30.6. The molecule has 2 amide bonds. The smallest absolute Gasteiger partial charge is 0.261 e. The number of hydrogen-bond donors (Lipinski definition) is 3. The zero-order chi connectivity index (χ0) is 23.2. The lowest BCUT2D eigenvalue weighted by molar-refractivity contribution is 0.0642. The highest BCUT2D eigenvalue weighted by Gasteiger charge is 2.36. The molecule has 1 aliphatic heterocycles. The van der Waals surface area contributed by atoms with Crippen molar-refractivity contribution in [3.63, 3.8) is 0 Å². The highest BCUT2D eigenvalue weighted by atomic mass is 16.5. The van der Waals surface area contributed by atoms with Crippen molar-refractivity contribution in [1.29, 1.82) is 0 Å². The van der Waals surface area contributed by atoms with Crippen molar-refractivity contribution in [2.24, 2.45) is 10.9 Å². The molecule has 1 atom stereocenters. The number of carbonyl (C=O) groups excluding carboxylic acids is 2. The Hall–Kier alpha value is -4.18. The molecule has 0 spiro atoms. The van der Waals surface area contributed by atoms with Crippen molar-refractivity contribution < 1.29 is 24.3 Å². The van der Waals surface area contributed by atoms with Crippen molar-refractivity contribution in [3.8, 4) is 11.6 Å². The fraction of sp³-hybridized carbons (Fsp3) is 0.217. The van der Waals surface area contributed by atoms with Crippen LogP contribution in [0.3, 0.4) is 0 Å². The molecular formula is C23H23N5O5. The van der Waals surface area contributed by atoms with E-state index in [1.54, 1.807) is 37.3 Å². The first-order valence-corrected chi connectivity index (χ1v) is 10.4. The van der Waals surface area contributed by atoms with Crippen LogP contribution in [0.4, 0.5) is 5.82 Å². The Balaban J connectivity index is 1.33. The van der Waals surface area contributed by atoms with Crippen molar-refractivity contribution in [1.82, 2.24) is 20.6 Å². The Morgan fingerprint density at radius 1 is 1.06 bits per heavy atom. The van der Waals surface area contributed by atoms with Gasteiger partial charge in [0.15, 0.2) is 5.82 Å². The summed E-state index contributed by atoms with van der Waals surface area (Å²) in [7, 11) is 0. The molecule has 0 fully saturated rings. The number of carbonyl (C=O) groups is 2. The molecule has 3 aromatic rings. The highest BCUT2D eigenvalue weighted by Crippen LogP contribution is 2.24. The van der Waals surface area contributed by atoms with E-state index in [-0.39, 0.29) is 30.8 Å². The third-order valence-electron chi connectivity index (χ3n) is 5.04. The predicted molar refractivity (Wildman–Crippen MR) is 119 cm³/mol. The van der Waals surface area contributed by atoms with Crippen LogP contribution in [-0.4, -0.2) is 57.7 Å². The summed E-state index contributed by atoms with van der Waals surface area (Å²) in [6.07, 6.45) is 0. The Bertz CT molecular complexity index is 1130. The van der Waals surface area contributed by atoms with Crippen LogP contribution in [0.2, 0.25) is 0 Å². The zero-order valence-electron chi connectivity index (χ0n) is 17.9. The van der Waals surface area contributed by atoms with Crippen LogP contribution in [0.25, 0.3) is 0 Å². The summed E-state index contributed by atoms with van der Waals surface area (Å²) in [6.45, 7) is 2.41. The van der Waals surface area contributed by atoms with Gasteiger partial charge in [-0.15, -0.1) is 5.10 Å². The van der Waals surface area contributed by atoms with Crippen LogP contribution >= 0.6 is 0 Å². The minimum atomic E-state index is -0.468. The number of aromatic amines is 1. The molecule has 1 aromatic heterocycles. The van der Waals surface area contributed by atoms with Gasteiger partial charge in [0.1, 0.15) is 24.8 Å². The first-order valence-electron chi connectivity index (χ1n) is 10.4. The molecule has 1 aliphatic rings. The fourth-order valence-electron chi connectivity index (χ4n) is 3.39. The van der Waals surface area contributed by atoms with Gasteiger partial charge in [-0.05, 0) is 24.3 Å². The minimum Gasteiger partial charge on any atom is -0.490 e. The van der Waals surface area contributed by atoms with Gasteiger partial charge in [0.2, 0.25) is 5.88 Å². The molecule has 3 N–H and O–H groups in total. The number of nitrogens with one attached hydrogen (secondary N) is 2. The van der Waals surface area contributed by atoms with E-state index in [1.165, 1.54) is 0 Å². The summed E-state index contributed by atoms with van der Waals surface area (Å²) in [5.41, 5.74) is 2.79. The van der Waals surface area contributed by atoms with Crippen LogP contribution in [0, 0.1) is 5.92 Å². The number of rotatable bonds is 9. The lowest BCUT2D eigenvalue weighted by Gasteiger charge is -2.20. The fourth-order valence-corrected chi connectivity index (χ4v) is 3.39. The van der Waals surface area contributed by atoms with Crippen molar-refractivity contribution >= 4 is 23.5 Å². The molecule has 1 unspecified atom stereocenters. The average molecular weight is 449 g/mol. The van der Waals surface area contributed by atoms with Gasteiger partial charge in [-0.2, -0.15) is 0 Å². The number of amidine groups is 1. The van der Waals surface area contributed by atoms with Gasteiger partial charge in [0.25, 0.3) is 11.8 Å². The van der Waals surface area contributed by atoms with E-state index < -0.39 is 5.92 Å². The van der Waals surface area contributed by atoms with E-state index in [1.807, 2.05) is 35.8 Å². The summed E-state index contributed by atoms with van der Waals surface area (Å²) in [5.74, 6) is 0.359. The number of para-hydroxylation sites is 1. The highest BCUT2D eigenvalue weighted by molar-refractivity contribution is 6.21. The van der Waals surface area contributed by atoms with Crippen LogP contribution in [0.15, 0.2) is 65.7 Å². The molecule has 10 nitrogen and oxygen atoms in total. The largest absolute Gasteiger partial charge is 0.490 e. The number of benzene rings is 2. The van der Waals surface area contributed by atoms with Gasteiger partial charge in [-0.25, -0.2) is 4.99 Å². The third-order valence-corrected chi connectivity index (χ3v) is 5.04. The second-order valence-electron chi connectivity index (χ2n) is 7.38. The lowest BCUT2D eigenvalue weighted by Crippen LogP contribution is -2.39. The standard InChI is InChI=1S/C23H23N5O5/c1-15(14-28-22(29)17-9-5-6-10-18(17)23(28)30)21(27-31)24-19-13-20(26-25-19)33-12-11-32-16-7-3-2-4-8-16/h2-10,13,15,31H,11-12,14H2,1H3,(H2,24,25,26,27). The number of aromatic nitrogens is 2. The normalized spacial score (nSPS) is 14.2. The van der Waals surface area contributed by atoms with Gasteiger partial charge in [-0.1, -0.05) is 37.3 Å². The van der Waals surface area contributed by atoms with E-state index in [4.69, 9.17) is 9.47 Å². The number of amides is 2. The van der Waals surface area contributed by atoms with E-state index >= 15 is 0 Å². The van der Waals surface area contributed by atoms with Gasteiger partial charge >= 0.3 is 0 Å². The van der Waals surface area contributed by atoms with Crippen LogP contribution in [-0.2, 0) is 0 Å². The Kier molecular flexibility index (Phi) is 6.65. The number of fused-ring (bicyclic) bond motifs is 1. The Morgan fingerprint density at radius 3 is 2.36 bits per heavy atom. The van der Waals surface area contributed by atoms with E-state index in [0.717, 1.165) is 10.6 Å². The van der Waals surface area contributed by atoms with Crippen molar-refractivity contribution in [2.45, 2.75) is 6.92 Å². The molecular weight excluding hydrogens is 426 g/mol. The summed E-state index contributed by atoms with van der Waals surface area (Å²) in [6, 6.07) is 17.6. The maximum Gasteiger partial charge on any atom is 0.261 e. The first kappa shape index (κ1) is 22.0. The monoisotopic (exact) mass is 449 g/mol. The molecule has 0 saturated heterocycles. The number of hydrogen-bond acceptors (Lipinski definition) is 7. The lowest BCUT2D eigenvalue weighted by atomic mass is 10.1. The van der Waals surface area contributed by atoms with Crippen LogP contribution < -0.4 is 15.0 Å². The van der Waals surface area contributed by atoms with E-state index in [2.05, 4.69) is 15.2 Å². The minimum absolute atomic E-state index is 0.0487. The van der Waals surface area contributed by atoms with E-state index in [0.29, 0.717) is 29.4 Å². The van der Waals surface area contributed by atoms with Gasteiger partial charge < -0.3 is 9.47 Å². The van der Waals surface area contributed by atoms with Crippen LogP contribution in [0.5, 0.6) is 11.6 Å². The maximum absolute atomic E-state index is 12.6. The predicted octanol–water partition coefficient (Wildman–Crippen LogP) is 2.81. The topological polar surface area (TPSA) is 129 Å². The molecule has 170 valence electrons. The molecule has 0 aliphatic carbocycles. The second-order valence-corrected chi connectivity index (χ2v) is 7.38. The number of aliphatic imine (C=N–C) groups is 1. The second kappa shape index (κ2) is 9.96. The molecule has 4 rings (SSSR count). The zero-order valence-corrected chi connectivity index (χ0v) is 17.9. The summed E-state index contributed by atoms with van der Waals surface area (Å²) < 4.78 is 11.1. The first-order chi connectivity index (χ1) is 16.1. The Morgan fingerprint density at radius 2 is 1.70 bits per heavy atom. The maximum atomic E-state index is 12.6. The summed E-state index contributed by atoms with van der Waals surface area (Å²) >= 11 is 0. The molecule has 0 radical (unpaired) electrons. The van der Waals surface area contributed by atoms with E-state index in [9.17, 15) is 14.8 Å². The van der Waals surface area contributed by atoms with Gasteiger partial charge in [0.05, 0.1) is 11.1 Å². The SMILES string of the molecule is CC(CN1C(=O)c2ccccc2C1=O)/C(=N/c1cc(OCCOc2ccccc2)n[nH]1)NO. The van der Waals surface area contributed by atoms with Crippen LogP contribution in [0.1, 0.15) is 27.6 Å². The molecule has 0 bridgehead atoms. The third kappa shape index (κ3) is 5.01. The average Bonchev–Trinajstić information content (AvgIpc) is 3.39.